The maximum Gasteiger partial charge on any atom is 0.261 e. The Labute approximate surface area is 178 Å². The highest BCUT2D eigenvalue weighted by molar-refractivity contribution is 6.31. The fourth-order valence-electron chi connectivity index (χ4n) is 3.07. The molecule has 0 atom stereocenters. The van der Waals surface area contributed by atoms with Gasteiger partial charge in [-0.1, -0.05) is 23.7 Å². The van der Waals surface area contributed by atoms with Gasteiger partial charge in [0.1, 0.15) is 5.75 Å². The van der Waals surface area contributed by atoms with Crippen molar-refractivity contribution in [3.8, 4) is 5.75 Å². The Morgan fingerprint density at radius 1 is 1.00 bits per heavy atom. The zero-order chi connectivity index (χ0) is 21.7. The molecule has 156 valence electrons. The molecule has 0 aromatic heterocycles. The first-order chi connectivity index (χ1) is 14.4. The molecule has 30 heavy (non-hydrogen) atoms. The highest BCUT2D eigenvalue weighted by atomic mass is 35.5. The van der Waals surface area contributed by atoms with E-state index in [9.17, 15) is 19.2 Å². The predicted molar refractivity (Wildman–Crippen MR) is 110 cm³/mol. The van der Waals surface area contributed by atoms with Crippen molar-refractivity contribution in [3.05, 3.63) is 64.2 Å². The topological polar surface area (TPSA) is 105 Å². The van der Waals surface area contributed by atoms with Crippen molar-refractivity contribution < 1.29 is 23.9 Å². The number of carbonyl (C=O) groups is 4. The van der Waals surface area contributed by atoms with Gasteiger partial charge in [-0.05, 0) is 30.3 Å². The van der Waals surface area contributed by atoms with E-state index in [1.54, 1.807) is 36.4 Å². The molecule has 3 rings (SSSR count). The van der Waals surface area contributed by atoms with E-state index in [0.29, 0.717) is 27.5 Å². The second kappa shape index (κ2) is 9.41. The molecule has 0 fully saturated rings. The molecule has 0 saturated heterocycles. The van der Waals surface area contributed by atoms with Gasteiger partial charge in [-0.25, -0.2) is 0 Å². The van der Waals surface area contributed by atoms with Crippen molar-refractivity contribution in [1.82, 2.24) is 15.5 Å². The van der Waals surface area contributed by atoms with Crippen LogP contribution in [0, 0.1) is 0 Å². The largest absolute Gasteiger partial charge is 0.496 e. The van der Waals surface area contributed by atoms with Gasteiger partial charge in [0.2, 0.25) is 5.91 Å². The molecule has 2 aromatic carbocycles. The third kappa shape index (κ3) is 4.60. The lowest BCUT2D eigenvalue weighted by Gasteiger charge is -2.14. The van der Waals surface area contributed by atoms with Crippen LogP contribution in [0.3, 0.4) is 0 Å². The minimum absolute atomic E-state index is 0.00967. The summed E-state index contributed by atoms with van der Waals surface area (Å²) in [5, 5.41) is 5.72. The number of imide groups is 1. The molecule has 0 unspecified atom stereocenters. The number of hydrogen-bond acceptors (Lipinski definition) is 5. The van der Waals surface area contributed by atoms with E-state index in [2.05, 4.69) is 10.6 Å². The summed E-state index contributed by atoms with van der Waals surface area (Å²) in [4.78, 5) is 49.9. The highest BCUT2D eigenvalue weighted by Crippen LogP contribution is 2.23. The minimum Gasteiger partial charge on any atom is -0.496 e. The molecule has 0 radical (unpaired) electrons. The standard InChI is InChI=1S/C21H20ClN3O5/c1-30-17-7-6-13(22)12-16(17)19(27)24-10-9-23-18(26)8-11-25-20(28)14-4-2-3-5-15(14)21(25)29/h2-7,12H,8-11H2,1H3,(H,23,26)(H,24,27). The maximum absolute atomic E-state index is 12.3. The maximum atomic E-state index is 12.3. The number of nitrogens with zero attached hydrogens (tertiary/aromatic N) is 1. The van der Waals surface area contributed by atoms with Crippen molar-refractivity contribution in [2.75, 3.05) is 26.7 Å². The molecular weight excluding hydrogens is 410 g/mol. The van der Waals surface area contributed by atoms with Crippen LogP contribution in [-0.4, -0.2) is 55.3 Å². The lowest BCUT2D eigenvalue weighted by atomic mass is 10.1. The van der Waals surface area contributed by atoms with Crippen molar-refractivity contribution >= 4 is 35.2 Å². The Balaban J connectivity index is 1.42. The third-order valence-corrected chi connectivity index (χ3v) is 4.81. The fraction of sp³-hybridized carbons (Fsp3) is 0.238. The van der Waals surface area contributed by atoms with Crippen molar-refractivity contribution in [2.45, 2.75) is 6.42 Å². The SMILES string of the molecule is COc1ccc(Cl)cc1C(=O)NCCNC(=O)CCN1C(=O)c2ccccc2C1=O. The Morgan fingerprint density at radius 2 is 1.63 bits per heavy atom. The molecule has 1 aliphatic rings. The van der Waals surface area contributed by atoms with E-state index < -0.39 is 11.8 Å². The Bertz CT molecular complexity index is 973. The molecule has 0 bridgehead atoms. The predicted octanol–water partition coefficient (Wildman–Crippen LogP) is 1.88. The monoisotopic (exact) mass is 429 g/mol. The number of carbonyl (C=O) groups excluding carboxylic acids is 4. The summed E-state index contributed by atoms with van der Waals surface area (Å²) in [5.41, 5.74) is 0.992. The third-order valence-electron chi connectivity index (χ3n) is 4.58. The minimum atomic E-state index is -0.397. The van der Waals surface area contributed by atoms with E-state index in [0.717, 1.165) is 4.90 Å². The van der Waals surface area contributed by atoms with Gasteiger partial charge in [0.25, 0.3) is 17.7 Å². The van der Waals surface area contributed by atoms with Gasteiger partial charge in [0.15, 0.2) is 0 Å². The Kier molecular flexibility index (Phi) is 6.68. The van der Waals surface area contributed by atoms with Crippen LogP contribution in [0.4, 0.5) is 0 Å². The molecule has 4 amide bonds. The number of benzene rings is 2. The van der Waals surface area contributed by atoms with Crippen LogP contribution in [0.15, 0.2) is 42.5 Å². The summed E-state index contributed by atoms with van der Waals surface area (Å²) in [7, 11) is 1.45. The van der Waals surface area contributed by atoms with Gasteiger partial charge >= 0.3 is 0 Å². The van der Waals surface area contributed by atoms with Gasteiger partial charge in [0, 0.05) is 31.1 Å². The first-order valence-corrected chi connectivity index (χ1v) is 9.64. The van der Waals surface area contributed by atoms with Crippen LogP contribution in [0.5, 0.6) is 5.75 Å². The first kappa shape index (κ1) is 21.3. The average molecular weight is 430 g/mol. The molecule has 2 aromatic rings. The van der Waals surface area contributed by atoms with E-state index >= 15 is 0 Å². The van der Waals surface area contributed by atoms with Gasteiger partial charge in [-0.3, -0.25) is 24.1 Å². The van der Waals surface area contributed by atoms with Gasteiger partial charge < -0.3 is 15.4 Å². The summed E-state index contributed by atoms with van der Waals surface area (Å²) in [6, 6.07) is 11.3. The van der Waals surface area contributed by atoms with E-state index in [4.69, 9.17) is 16.3 Å². The molecule has 8 nitrogen and oxygen atoms in total. The van der Waals surface area contributed by atoms with Crippen molar-refractivity contribution in [3.63, 3.8) is 0 Å². The molecule has 0 spiro atoms. The molecular formula is C21H20ClN3O5. The number of nitrogens with one attached hydrogen (secondary N) is 2. The quantitative estimate of drug-likeness (QED) is 0.492. The lowest BCUT2D eigenvalue weighted by molar-refractivity contribution is -0.121. The molecule has 1 aliphatic heterocycles. The summed E-state index contributed by atoms with van der Waals surface area (Å²) in [5.74, 6) is -1.12. The van der Waals surface area contributed by atoms with Crippen molar-refractivity contribution in [2.24, 2.45) is 0 Å². The normalized spacial score (nSPS) is 12.5. The van der Waals surface area contributed by atoms with E-state index in [1.165, 1.54) is 13.2 Å². The van der Waals surface area contributed by atoms with Crippen LogP contribution < -0.4 is 15.4 Å². The number of ether oxygens (including phenoxy) is 1. The van der Waals surface area contributed by atoms with E-state index in [1.807, 2.05) is 0 Å². The number of fused-ring (bicyclic) bond motifs is 1. The number of halogens is 1. The average Bonchev–Trinajstić information content (AvgIpc) is 2.99. The van der Waals surface area contributed by atoms with Gasteiger partial charge in [-0.15, -0.1) is 0 Å². The second-order valence-corrected chi connectivity index (χ2v) is 6.94. The van der Waals surface area contributed by atoms with Gasteiger partial charge in [-0.2, -0.15) is 0 Å². The smallest absolute Gasteiger partial charge is 0.261 e. The number of amides is 4. The van der Waals surface area contributed by atoms with Gasteiger partial charge in [0.05, 0.1) is 23.8 Å². The van der Waals surface area contributed by atoms with Crippen molar-refractivity contribution in [1.29, 1.82) is 0 Å². The van der Waals surface area contributed by atoms with Crippen LogP contribution in [0.1, 0.15) is 37.5 Å². The Hall–Kier alpha value is -3.39. The summed E-state index contributed by atoms with van der Waals surface area (Å²) < 4.78 is 5.14. The van der Waals surface area contributed by atoms with Crippen LogP contribution in [0.2, 0.25) is 5.02 Å². The fourth-order valence-corrected chi connectivity index (χ4v) is 3.25. The van der Waals surface area contributed by atoms with Crippen LogP contribution >= 0.6 is 11.6 Å². The van der Waals surface area contributed by atoms with Crippen LogP contribution in [0.25, 0.3) is 0 Å². The summed E-state index contributed by atoms with van der Waals surface area (Å²) >= 11 is 5.92. The molecule has 0 aliphatic carbocycles. The number of rotatable bonds is 8. The zero-order valence-electron chi connectivity index (χ0n) is 16.2. The number of methoxy groups -OCH3 is 1. The zero-order valence-corrected chi connectivity index (χ0v) is 17.0. The molecule has 9 heteroatoms. The van der Waals surface area contributed by atoms with E-state index in [-0.39, 0.29) is 37.9 Å². The molecule has 2 N–H and O–H groups in total. The number of hydrogen-bond donors (Lipinski definition) is 2. The summed E-state index contributed by atoms with van der Waals surface area (Å²) in [6.07, 6.45) is -0.0263. The summed E-state index contributed by atoms with van der Waals surface area (Å²) in [6.45, 7) is 0.368. The second-order valence-electron chi connectivity index (χ2n) is 6.51. The Morgan fingerprint density at radius 3 is 2.27 bits per heavy atom. The highest BCUT2D eigenvalue weighted by Gasteiger charge is 2.34. The molecule has 0 saturated carbocycles. The molecule has 1 heterocycles. The van der Waals surface area contributed by atoms with Crippen LogP contribution in [-0.2, 0) is 4.79 Å². The first-order valence-electron chi connectivity index (χ1n) is 9.26. The lowest BCUT2D eigenvalue weighted by Crippen LogP contribution is -2.37.